The Labute approximate surface area is 226 Å². The Kier molecular flexibility index (Phi) is 8.73. The van der Waals surface area contributed by atoms with E-state index in [4.69, 9.17) is 79.1 Å². The molecule has 0 spiro atoms. The number of esters is 2. The van der Waals surface area contributed by atoms with Crippen LogP contribution in [0.1, 0.15) is 17.0 Å². The normalized spacial score (nSPS) is 11.5. The van der Waals surface area contributed by atoms with Crippen molar-refractivity contribution in [3.05, 3.63) is 89.8 Å². The number of halogens is 9. The lowest BCUT2D eigenvalue weighted by atomic mass is 9.97. The number of ether oxygens (including phenoxy) is 2. The number of hydrogen-bond donors (Lipinski definition) is 0. The van der Waals surface area contributed by atoms with E-state index in [1.165, 1.54) is 24.3 Å². The van der Waals surface area contributed by atoms with Gasteiger partial charge in [-0.15, -0.1) is 0 Å². The van der Waals surface area contributed by atoms with Gasteiger partial charge in [-0.05, 0) is 35.9 Å². The van der Waals surface area contributed by atoms with E-state index in [0.29, 0.717) is 6.07 Å². The molecule has 0 aliphatic carbocycles. The molecule has 184 valence electrons. The number of hydrogen-bond acceptors (Lipinski definition) is 4. The molecular formula is C22H9Cl6F3O4. The summed E-state index contributed by atoms with van der Waals surface area (Å²) in [6, 6.07) is 8.32. The van der Waals surface area contributed by atoms with Gasteiger partial charge in [0.2, 0.25) is 0 Å². The third kappa shape index (κ3) is 6.67. The summed E-state index contributed by atoms with van der Waals surface area (Å²) in [4.78, 5) is 26.2. The maximum absolute atomic E-state index is 13.3. The molecule has 4 nitrogen and oxygen atoms in total. The summed E-state index contributed by atoms with van der Waals surface area (Å²) >= 11 is 35.8. The first kappa shape index (κ1) is 27.7. The van der Waals surface area contributed by atoms with E-state index in [0.717, 1.165) is 18.2 Å². The summed E-state index contributed by atoms with van der Waals surface area (Å²) in [5, 5.41) is -0.487. The van der Waals surface area contributed by atoms with Crippen molar-refractivity contribution in [2.75, 3.05) is 0 Å². The molecule has 3 aromatic carbocycles. The van der Waals surface area contributed by atoms with Gasteiger partial charge in [0.25, 0.3) is 0 Å². The molecule has 0 radical (unpaired) electrons. The van der Waals surface area contributed by atoms with Crippen LogP contribution in [-0.4, -0.2) is 11.9 Å². The van der Waals surface area contributed by atoms with Crippen LogP contribution in [0.3, 0.4) is 0 Å². The van der Waals surface area contributed by atoms with E-state index in [2.05, 4.69) is 0 Å². The van der Waals surface area contributed by atoms with E-state index >= 15 is 0 Å². The highest BCUT2D eigenvalue weighted by Crippen LogP contribution is 2.39. The van der Waals surface area contributed by atoms with Crippen molar-refractivity contribution in [1.29, 1.82) is 0 Å². The van der Waals surface area contributed by atoms with E-state index in [-0.39, 0.29) is 41.6 Å². The smallest absolute Gasteiger partial charge is 0.416 e. The summed E-state index contributed by atoms with van der Waals surface area (Å²) < 4.78 is 50.2. The summed E-state index contributed by atoms with van der Waals surface area (Å²) in [6.45, 7) is 0. The highest BCUT2D eigenvalue weighted by molar-refractivity contribution is 6.41. The fourth-order valence-corrected chi connectivity index (χ4v) is 4.62. The molecule has 3 aromatic rings. The van der Waals surface area contributed by atoms with Crippen LogP contribution in [0.15, 0.2) is 48.5 Å². The third-order valence-corrected chi connectivity index (χ3v) is 5.91. The van der Waals surface area contributed by atoms with Crippen LogP contribution >= 0.6 is 69.6 Å². The van der Waals surface area contributed by atoms with Crippen molar-refractivity contribution in [1.82, 2.24) is 0 Å². The number of alkyl halides is 3. The molecule has 0 fully saturated rings. The second kappa shape index (κ2) is 11.0. The Morgan fingerprint density at radius 2 is 1.09 bits per heavy atom. The lowest BCUT2D eigenvalue weighted by Gasteiger charge is -2.18. The molecule has 0 unspecified atom stereocenters. The molecule has 0 heterocycles. The van der Waals surface area contributed by atoms with Crippen molar-refractivity contribution in [3.8, 4) is 11.5 Å². The summed E-state index contributed by atoms with van der Waals surface area (Å²) in [5.41, 5.74) is -1.51. The highest BCUT2D eigenvalue weighted by atomic mass is 35.5. The predicted octanol–water partition coefficient (Wildman–Crippen LogP) is 8.92. The molecule has 3 rings (SSSR count). The third-order valence-electron chi connectivity index (χ3n) is 4.35. The van der Waals surface area contributed by atoms with Crippen LogP contribution in [0, 0.1) is 0 Å². The minimum Gasteiger partial charge on any atom is -0.422 e. The Morgan fingerprint density at radius 3 is 1.46 bits per heavy atom. The molecule has 0 N–H and O–H groups in total. The Hall–Kier alpha value is -1.87. The van der Waals surface area contributed by atoms with E-state index in [1.54, 1.807) is 0 Å². The lowest BCUT2D eigenvalue weighted by molar-refractivity contribution is -0.147. The number of benzene rings is 3. The number of carbonyl (C=O) groups excluding carboxylic acids is 2. The van der Waals surface area contributed by atoms with Gasteiger partial charge in [0, 0.05) is 10.0 Å². The summed E-state index contributed by atoms with van der Waals surface area (Å²) in [5.74, 6) is -5.45. The Balaban J connectivity index is 2.06. The monoisotopic (exact) mass is 604 g/mol. The SMILES string of the molecule is O=C(Oc1c(Cl)cc(Cl)cc1Cl)C(C(=O)Oc1c(Cl)cc(Cl)cc1Cl)c1cccc(C(F)(F)F)c1. The molecule has 13 heteroatoms. The van der Waals surface area contributed by atoms with Crippen molar-refractivity contribution in [3.63, 3.8) is 0 Å². The second-order valence-corrected chi connectivity index (χ2v) is 9.30. The molecule has 0 atom stereocenters. The predicted molar refractivity (Wildman–Crippen MR) is 128 cm³/mol. The first-order valence-corrected chi connectivity index (χ1v) is 11.4. The second-order valence-electron chi connectivity index (χ2n) is 6.80. The molecule has 0 aliphatic heterocycles. The topological polar surface area (TPSA) is 52.6 Å². The maximum Gasteiger partial charge on any atom is 0.416 e. The van der Waals surface area contributed by atoms with Gasteiger partial charge in [-0.3, -0.25) is 9.59 Å². The molecule has 0 saturated carbocycles. The standard InChI is InChI=1S/C22H9Cl6F3O4/c23-11-5-13(25)18(14(26)6-11)34-20(32)17(9-2-1-3-10(4-9)22(29,30)31)21(33)35-19-15(27)7-12(24)8-16(19)28/h1-8,17H. The molecule has 0 amide bonds. The molecule has 0 bridgehead atoms. The van der Waals surface area contributed by atoms with Gasteiger partial charge < -0.3 is 9.47 Å². The zero-order chi connectivity index (χ0) is 26.1. The van der Waals surface area contributed by atoms with Crippen LogP contribution in [0.5, 0.6) is 11.5 Å². The van der Waals surface area contributed by atoms with Gasteiger partial charge in [0.15, 0.2) is 17.4 Å². The lowest BCUT2D eigenvalue weighted by Crippen LogP contribution is -2.30. The fourth-order valence-electron chi connectivity index (χ4n) is 2.83. The largest absolute Gasteiger partial charge is 0.422 e. The molecule has 0 aliphatic rings. The Morgan fingerprint density at radius 1 is 0.686 bits per heavy atom. The van der Waals surface area contributed by atoms with Crippen LogP contribution in [0.4, 0.5) is 13.2 Å². The van der Waals surface area contributed by atoms with Gasteiger partial charge in [-0.1, -0.05) is 87.8 Å². The minimum absolute atomic E-state index is 0.126. The molecular weight excluding hydrogens is 598 g/mol. The van der Waals surface area contributed by atoms with Gasteiger partial charge in [-0.25, -0.2) is 0 Å². The van der Waals surface area contributed by atoms with E-state index < -0.39 is 35.2 Å². The summed E-state index contributed by atoms with van der Waals surface area (Å²) in [7, 11) is 0. The first-order chi connectivity index (χ1) is 16.3. The average molecular weight is 607 g/mol. The van der Waals surface area contributed by atoms with Gasteiger partial charge >= 0.3 is 18.1 Å². The number of carbonyl (C=O) groups is 2. The van der Waals surface area contributed by atoms with Crippen molar-refractivity contribution in [2.45, 2.75) is 12.1 Å². The zero-order valence-corrected chi connectivity index (χ0v) is 21.3. The zero-order valence-electron chi connectivity index (χ0n) is 16.7. The Bertz CT molecular complexity index is 1200. The van der Waals surface area contributed by atoms with Gasteiger partial charge in [0.05, 0.1) is 25.7 Å². The van der Waals surface area contributed by atoms with E-state index in [9.17, 15) is 22.8 Å². The highest BCUT2D eigenvalue weighted by Gasteiger charge is 2.37. The average Bonchev–Trinajstić information content (AvgIpc) is 2.73. The molecule has 0 aromatic heterocycles. The molecule has 0 saturated heterocycles. The van der Waals surface area contributed by atoms with Crippen molar-refractivity contribution >= 4 is 81.5 Å². The van der Waals surface area contributed by atoms with Crippen molar-refractivity contribution in [2.24, 2.45) is 0 Å². The number of rotatable bonds is 5. The van der Waals surface area contributed by atoms with Crippen LogP contribution < -0.4 is 9.47 Å². The maximum atomic E-state index is 13.3. The fraction of sp³-hybridized carbons (Fsp3) is 0.0909. The first-order valence-electron chi connectivity index (χ1n) is 9.17. The van der Waals surface area contributed by atoms with Crippen LogP contribution in [0.25, 0.3) is 0 Å². The van der Waals surface area contributed by atoms with Crippen LogP contribution in [0.2, 0.25) is 30.1 Å². The van der Waals surface area contributed by atoms with Gasteiger partial charge in [-0.2, -0.15) is 13.2 Å². The summed E-state index contributed by atoms with van der Waals surface area (Å²) in [6.07, 6.45) is -4.76. The van der Waals surface area contributed by atoms with Gasteiger partial charge in [0.1, 0.15) is 0 Å². The van der Waals surface area contributed by atoms with E-state index in [1.807, 2.05) is 0 Å². The quantitative estimate of drug-likeness (QED) is 0.165. The van der Waals surface area contributed by atoms with Crippen molar-refractivity contribution < 1.29 is 32.2 Å². The molecule has 35 heavy (non-hydrogen) atoms. The minimum atomic E-state index is -4.76. The van der Waals surface area contributed by atoms with Crippen LogP contribution in [-0.2, 0) is 15.8 Å².